The third-order valence-corrected chi connectivity index (χ3v) is 5.53. The van der Waals surface area contributed by atoms with E-state index in [9.17, 15) is 13.9 Å². The van der Waals surface area contributed by atoms with Gasteiger partial charge in [-0.2, -0.15) is 9.97 Å². The lowest BCUT2D eigenvalue weighted by molar-refractivity contribution is -0.0236. The number of hydrogen-bond donors (Lipinski definition) is 3. The van der Waals surface area contributed by atoms with Crippen LogP contribution < -0.4 is 10.1 Å². The number of nitrogens with one attached hydrogen (secondary N) is 2. The molecule has 5 rings (SSSR count). The summed E-state index contributed by atoms with van der Waals surface area (Å²) >= 11 is 0. The Hall–Kier alpha value is -3.34. The van der Waals surface area contributed by atoms with Gasteiger partial charge in [-0.3, -0.25) is 0 Å². The Kier molecular flexibility index (Phi) is 4.50. The standard InChI is InChI=1S/C20H21F2N7O2/c1-20(30)6-11(7-20)24-19-25-17-16(18(26-19)31-2)12(8-23-17)10-3-4-13-14(5-10)29(28-27-13)9-15(21)22/h3-5,8,11,15,30H,6-7,9H2,1-2H3,(H2,23,24,25,26)/t11-,20+. The molecule has 9 nitrogen and oxygen atoms in total. The van der Waals surface area contributed by atoms with Crippen molar-refractivity contribution in [2.75, 3.05) is 12.4 Å². The van der Waals surface area contributed by atoms with Crippen molar-refractivity contribution in [3.05, 3.63) is 24.4 Å². The summed E-state index contributed by atoms with van der Waals surface area (Å²) in [6.07, 6.45) is 0.489. The second-order valence-corrected chi connectivity index (χ2v) is 8.10. The number of hydrogen-bond acceptors (Lipinski definition) is 7. The Balaban J connectivity index is 1.53. The summed E-state index contributed by atoms with van der Waals surface area (Å²) in [4.78, 5) is 12.2. The lowest BCUT2D eigenvalue weighted by Gasteiger charge is -2.41. The Morgan fingerprint density at radius 3 is 2.87 bits per heavy atom. The van der Waals surface area contributed by atoms with E-state index in [1.807, 2.05) is 6.07 Å². The first-order chi connectivity index (χ1) is 14.8. The van der Waals surface area contributed by atoms with E-state index in [0.717, 1.165) is 11.1 Å². The minimum Gasteiger partial charge on any atom is -0.480 e. The number of aromatic amines is 1. The van der Waals surface area contributed by atoms with Gasteiger partial charge < -0.3 is 20.1 Å². The summed E-state index contributed by atoms with van der Waals surface area (Å²) in [5, 5.41) is 21.6. The van der Waals surface area contributed by atoms with Gasteiger partial charge in [0.15, 0.2) is 0 Å². The molecule has 1 aliphatic rings. The molecule has 1 fully saturated rings. The summed E-state index contributed by atoms with van der Waals surface area (Å²) in [6, 6.07) is 5.44. The van der Waals surface area contributed by atoms with E-state index < -0.39 is 18.6 Å². The van der Waals surface area contributed by atoms with Crippen molar-refractivity contribution in [2.45, 2.75) is 44.4 Å². The first-order valence-electron chi connectivity index (χ1n) is 9.87. The molecule has 162 valence electrons. The summed E-state index contributed by atoms with van der Waals surface area (Å²) in [6.45, 7) is 1.27. The van der Waals surface area contributed by atoms with E-state index in [2.05, 4.69) is 30.6 Å². The lowest BCUT2D eigenvalue weighted by atomic mass is 9.77. The largest absolute Gasteiger partial charge is 0.480 e. The maximum atomic E-state index is 12.9. The number of alkyl halides is 2. The van der Waals surface area contributed by atoms with Crippen LogP contribution in [0.2, 0.25) is 0 Å². The molecule has 0 saturated heterocycles. The van der Waals surface area contributed by atoms with Crippen LogP contribution in [-0.2, 0) is 6.54 Å². The minimum atomic E-state index is -2.53. The Bertz CT molecular complexity index is 1260. The van der Waals surface area contributed by atoms with Gasteiger partial charge >= 0.3 is 0 Å². The van der Waals surface area contributed by atoms with Gasteiger partial charge in [-0.25, -0.2) is 13.5 Å². The summed E-state index contributed by atoms with van der Waals surface area (Å²) in [7, 11) is 1.53. The topological polar surface area (TPSA) is 114 Å². The van der Waals surface area contributed by atoms with Crippen LogP contribution in [0.25, 0.3) is 33.2 Å². The fraction of sp³-hybridized carbons (Fsp3) is 0.400. The molecule has 0 amide bonds. The van der Waals surface area contributed by atoms with Crippen LogP contribution in [0.5, 0.6) is 5.88 Å². The molecule has 3 N–H and O–H groups in total. The zero-order valence-electron chi connectivity index (χ0n) is 16.9. The van der Waals surface area contributed by atoms with Gasteiger partial charge in [0.05, 0.1) is 23.6 Å². The van der Waals surface area contributed by atoms with E-state index >= 15 is 0 Å². The van der Waals surface area contributed by atoms with E-state index in [-0.39, 0.29) is 6.04 Å². The fourth-order valence-electron chi connectivity index (χ4n) is 4.12. The number of rotatable bonds is 6. The number of benzene rings is 1. The number of aliphatic hydroxyl groups is 1. The van der Waals surface area contributed by atoms with Gasteiger partial charge in [-0.1, -0.05) is 11.3 Å². The van der Waals surface area contributed by atoms with Crippen molar-refractivity contribution in [1.29, 1.82) is 0 Å². The molecule has 4 aromatic rings. The normalized spacial score (nSPS) is 21.0. The molecule has 1 saturated carbocycles. The average Bonchev–Trinajstić information content (AvgIpc) is 3.29. The monoisotopic (exact) mass is 429 g/mol. The maximum absolute atomic E-state index is 12.9. The number of nitrogens with zero attached hydrogens (tertiary/aromatic N) is 5. The number of H-pyrrole nitrogens is 1. The van der Waals surface area contributed by atoms with Crippen molar-refractivity contribution in [1.82, 2.24) is 29.9 Å². The molecule has 0 atom stereocenters. The second kappa shape index (κ2) is 7.12. The summed E-state index contributed by atoms with van der Waals surface area (Å²) in [5.74, 6) is 0.794. The highest BCUT2D eigenvalue weighted by molar-refractivity contribution is 5.99. The first-order valence-corrected chi connectivity index (χ1v) is 9.87. The van der Waals surface area contributed by atoms with Crippen LogP contribution in [0.15, 0.2) is 24.4 Å². The van der Waals surface area contributed by atoms with E-state index in [4.69, 9.17) is 4.74 Å². The van der Waals surface area contributed by atoms with Gasteiger partial charge in [0.25, 0.3) is 6.43 Å². The smallest absolute Gasteiger partial charge is 0.258 e. The number of anilines is 1. The number of fused-ring (bicyclic) bond motifs is 2. The van der Waals surface area contributed by atoms with Gasteiger partial charge in [0.1, 0.15) is 17.7 Å². The zero-order valence-corrected chi connectivity index (χ0v) is 16.9. The summed E-state index contributed by atoms with van der Waals surface area (Å²) in [5.41, 5.74) is 2.52. The molecule has 1 aromatic carbocycles. The van der Waals surface area contributed by atoms with Crippen LogP contribution in [0.4, 0.5) is 14.7 Å². The predicted molar refractivity (Wildman–Crippen MR) is 110 cm³/mol. The van der Waals surface area contributed by atoms with Gasteiger partial charge in [0, 0.05) is 17.8 Å². The maximum Gasteiger partial charge on any atom is 0.258 e. The van der Waals surface area contributed by atoms with Crippen molar-refractivity contribution in [3.63, 3.8) is 0 Å². The van der Waals surface area contributed by atoms with Crippen LogP contribution in [0, 0.1) is 0 Å². The predicted octanol–water partition coefficient (Wildman–Crippen LogP) is 2.97. The minimum absolute atomic E-state index is 0.0941. The number of aromatic nitrogens is 6. The highest BCUT2D eigenvalue weighted by Gasteiger charge is 2.38. The third kappa shape index (κ3) is 3.54. The lowest BCUT2D eigenvalue weighted by Crippen LogP contribution is -2.48. The number of halogens is 2. The second-order valence-electron chi connectivity index (χ2n) is 8.10. The molecule has 3 heterocycles. The summed E-state index contributed by atoms with van der Waals surface area (Å²) < 4.78 is 32.4. The van der Waals surface area contributed by atoms with Crippen molar-refractivity contribution in [3.8, 4) is 17.0 Å². The molecule has 0 unspecified atom stereocenters. The van der Waals surface area contributed by atoms with Crippen LogP contribution in [0.1, 0.15) is 19.8 Å². The Morgan fingerprint density at radius 2 is 2.16 bits per heavy atom. The number of ether oxygens (including phenoxy) is 1. The zero-order chi connectivity index (χ0) is 21.8. The van der Waals surface area contributed by atoms with Crippen molar-refractivity contribution in [2.24, 2.45) is 0 Å². The molecule has 1 aliphatic carbocycles. The molecular formula is C20H21F2N7O2. The Morgan fingerprint density at radius 1 is 1.35 bits per heavy atom. The van der Waals surface area contributed by atoms with Crippen molar-refractivity contribution >= 4 is 28.0 Å². The molecule has 0 radical (unpaired) electrons. The van der Waals surface area contributed by atoms with E-state index in [0.29, 0.717) is 46.7 Å². The molecule has 0 bridgehead atoms. The van der Waals surface area contributed by atoms with E-state index in [1.54, 1.807) is 25.3 Å². The fourth-order valence-corrected chi connectivity index (χ4v) is 4.12. The highest BCUT2D eigenvalue weighted by Crippen LogP contribution is 2.37. The quantitative estimate of drug-likeness (QED) is 0.432. The van der Waals surface area contributed by atoms with Gasteiger partial charge in [-0.05, 0) is 37.5 Å². The molecule has 0 aliphatic heterocycles. The molecule has 11 heteroatoms. The van der Waals surface area contributed by atoms with Gasteiger partial charge in [0.2, 0.25) is 11.8 Å². The Labute approximate surface area is 175 Å². The average molecular weight is 429 g/mol. The van der Waals surface area contributed by atoms with Gasteiger partial charge in [-0.15, -0.1) is 5.10 Å². The van der Waals surface area contributed by atoms with Crippen LogP contribution >= 0.6 is 0 Å². The number of methoxy groups -OCH3 is 1. The van der Waals surface area contributed by atoms with Crippen LogP contribution in [0.3, 0.4) is 0 Å². The molecule has 0 spiro atoms. The first kappa shape index (κ1) is 19.6. The highest BCUT2D eigenvalue weighted by atomic mass is 19.3. The molecular weight excluding hydrogens is 408 g/mol. The molecule has 31 heavy (non-hydrogen) atoms. The van der Waals surface area contributed by atoms with Crippen LogP contribution in [-0.4, -0.2) is 60.2 Å². The SMILES string of the molecule is COc1nc(N[C@H]2C[C@@](C)(O)C2)nc2[nH]cc(-c3ccc4nnn(CC(F)F)c4c3)c12. The molecule has 3 aromatic heterocycles. The third-order valence-electron chi connectivity index (χ3n) is 5.53. The van der Waals surface area contributed by atoms with Crippen molar-refractivity contribution < 1.29 is 18.6 Å². The van der Waals surface area contributed by atoms with E-state index in [1.165, 1.54) is 11.8 Å².